The maximum absolute atomic E-state index is 13.1. The van der Waals surface area contributed by atoms with E-state index >= 15 is 0 Å². The first-order valence-corrected chi connectivity index (χ1v) is 42.1. The van der Waals surface area contributed by atoms with E-state index in [-0.39, 0.29) is 25.7 Å². The molecular formula is C75H146O17P2. The number of phosphoric ester groups is 2. The molecule has 0 aromatic heterocycles. The van der Waals surface area contributed by atoms with Crippen LogP contribution < -0.4 is 0 Å². The Morgan fingerprint density at radius 3 is 0.755 bits per heavy atom. The zero-order valence-corrected chi connectivity index (χ0v) is 63.1. The van der Waals surface area contributed by atoms with Gasteiger partial charge in [-0.1, -0.05) is 337 Å². The fourth-order valence-corrected chi connectivity index (χ4v) is 13.0. The molecule has 0 radical (unpaired) electrons. The van der Waals surface area contributed by atoms with Gasteiger partial charge in [-0.3, -0.25) is 37.3 Å². The highest BCUT2D eigenvalue weighted by molar-refractivity contribution is 7.47. The van der Waals surface area contributed by atoms with Gasteiger partial charge in [-0.2, -0.15) is 0 Å². The van der Waals surface area contributed by atoms with Gasteiger partial charge >= 0.3 is 39.5 Å². The van der Waals surface area contributed by atoms with Crippen LogP contribution in [0.5, 0.6) is 0 Å². The molecule has 94 heavy (non-hydrogen) atoms. The molecule has 0 heterocycles. The highest BCUT2D eigenvalue weighted by Crippen LogP contribution is 2.45. The first-order valence-electron chi connectivity index (χ1n) is 39.1. The molecule has 3 N–H and O–H groups in total. The molecule has 0 saturated carbocycles. The number of hydrogen-bond donors (Lipinski definition) is 3. The molecule has 0 amide bonds. The summed E-state index contributed by atoms with van der Waals surface area (Å²) in [5, 5.41) is 10.6. The summed E-state index contributed by atoms with van der Waals surface area (Å²) >= 11 is 0. The predicted octanol–water partition coefficient (Wildman–Crippen LogP) is 21.9. The summed E-state index contributed by atoms with van der Waals surface area (Å²) < 4.78 is 68.3. The lowest BCUT2D eigenvalue weighted by Gasteiger charge is -2.21. The van der Waals surface area contributed by atoms with Crippen LogP contribution in [0.3, 0.4) is 0 Å². The topological polar surface area (TPSA) is 237 Å². The molecule has 0 aromatic carbocycles. The van der Waals surface area contributed by atoms with E-state index in [1.807, 2.05) is 0 Å². The van der Waals surface area contributed by atoms with Crippen LogP contribution in [0, 0.1) is 11.8 Å². The zero-order chi connectivity index (χ0) is 69.3. The standard InChI is InChI=1S/C75H146O17P2/c1-7-11-13-15-16-17-18-19-20-21-22-23-24-29-32-35-41-47-53-59-74(79)92-71(64-86-73(78)58-52-46-40-34-31-28-26-25-27-30-33-38-44-49-55-67(5)9-3)66-90-94(83,84)88-62-69(76)61-87-93(81,82)89-65-70(63-85-72(77)57-51-43-14-12-8-2)91-75(80)60-54-48-42-37-36-39-45-50-56-68(6)10-4/h67-71,76H,7-66H2,1-6H3,(H,81,82)(H,83,84)/t67?,68?,69-,70+,71+/m0/s1. The number of aliphatic hydroxyl groups is 1. The highest BCUT2D eigenvalue weighted by atomic mass is 31.2. The first kappa shape index (κ1) is 92.1. The second-order valence-electron chi connectivity index (χ2n) is 27.5. The monoisotopic (exact) mass is 1380 g/mol. The van der Waals surface area contributed by atoms with E-state index in [1.54, 1.807) is 0 Å². The van der Waals surface area contributed by atoms with Crippen molar-refractivity contribution in [3.05, 3.63) is 0 Å². The van der Waals surface area contributed by atoms with E-state index in [0.717, 1.165) is 108 Å². The Hall–Kier alpha value is -1.94. The highest BCUT2D eigenvalue weighted by Gasteiger charge is 2.30. The quantitative estimate of drug-likeness (QED) is 0.0222. The number of aliphatic hydroxyl groups excluding tert-OH is 1. The minimum Gasteiger partial charge on any atom is -0.462 e. The van der Waals surface area contributed by atoms with Gasteiger partial charge in [0.1, 0.15) is 19.3 Å². The van der Waals surface area contributed by atoms with Crippen LogP contribution in [0.1, 0.15) is 388 Å². The number of esters is 4. The summed E-state index contributed by atoms with van der Waals surface area (Å²) in [5.74, 6) is -0.510. The first-order chi connectivity index (χ1) is 45.4. The van der Waals surface area contributed by atoms with Crippen LogP contribution in [-0.4, -0.2) is 96.7 Å². The predicted molar refractivity (Wildman–Crippen MR) is 381 cm³/mol. The second kappa shape index (κ2) is 66.9. The van der Waals surface area contributed by atoms with Crippen LogP contribution in [-0.2, 0) is 65.4 Å². The number of carbonyl (C=O) groups excluding carboxylic acids is 4. The van der Waals surface area contributed by atoms with Gasteiger partial charge in [0, 0.05) is 25.7 Å². The SMILES string of the molecule is CCCCCCCCCCCCCCCCCCCCCC(=O)O[C@H](COC(=O)CCCCCCCCCCCCCCCCC(C)CC)COP(=O)(O)OC[C@@H](O)COP(=O)(O)OC[C@@H](COC(=O)CCCCCCC)OC(=O)CCCCCCCCCCC(C)CC. The smallest absolute Gasteiger partial charge is 0.462 e. The van der Waals surface area contributed by atoms with E-state index in [0.29, 0.717) is 25.7 Å². The average molecular weight is 1380 g/mol. The summed E-state index contributed by atoms with van der Waals surface area (Å²) in [4.78, 5) is 72.5. The number of carbonyl (C=O) groups is 4. The zero-order valence-electron chi connectivity index (χ0n) is 61.3. The molecule has 19 heteroatoms. The Morgan fingerprint density at radius 2 is 0.511 bits per heavy atom. The second-order valence-corrected chi connectivity index (χ2v) is 30.4. The summed E-state index contributed by atoms with van der Waals surface area (Å²) in [6, 6.07) is 0. The summed E-state index contributed by atoms with van der Waals surface area (Å²) in [7, 11) is -9.90. The molecule has 0 aliphatic heterocycles. The number of hydrogen-bond acceptors (Lipinski definition) is 15. The van der Waals surface area contributed by atoms with Crippen LogP contribution in [0.2, 0.25) is 0 Å². The molecule has 0 saturated heterocycles. The molecule has 0 fully saturated rings. The van der Waals surface area contributed by atoms with Gasteiger partial charge in [0.05, 0.1) is 26.4 Å². The third-order valence-corrected chi connectivity index (χ3v) is 20.1. The Labute approximate surface area is 575 Å². The van der Waals surface area contributed by atoms with Crippen molar-refractivity contribution >= 4 is 39.5 Å². The van der Waals surface area contributed by atoms with Crippen molar-refractivity contribution in [3.8, 4) is 0 Å². The van der Waals surface area contributed by atoms with Gasteiger partial charge < -0.3 is 33.8 Å². The Balaban J connectivity index is 5.14. The van der Waals surface area contributed by atoms with Crippen LogP contribution in [0.15, 0.2) is 0 Å². The van der Waals surface area contributed by atoms with Crippen LogP contribution in [0.25, 0.3) is 0 Å². The molecule has 0 spiro atoms. The fourth-order valence-electron chi connectivity index (χ4n) is 11.4. The molecule has 0 aliphatic rings. The van der Waals surface area contributed by atoms with Crippen molar-refractivity contribution in [3.63, 3.8) is 0 Å². The van der Waals surface area contributed by atoms with Gasteiger partial charge in [-0.15, -0.1) is 0 Å². The van der Waals surface area contributed by atoms with Gasteiger partial charge in [0.25, 0.3) is 0 Å². The largest absolute Gasteiger partial charge is 0.472 e. The third-order valence-electron chi connectivity index (χ3n) is 18.2. The lowest BCUT2D eigenvalue weighted by molar-refractivity contribution is -0.161. The molecule has 4 unspecified atom stereocenters. The number of phosphoric acid groups is 2. The van der Waals surface area contributed by atoms with E-state index in [4.69, 9.17) is 37.0 Å². The Bertz CT molecular complexity index is 1820. The van der Waals surface area contributed by atoms with Crippen molar-refractivity contribution in [2.45, 2.75) is 407 Å². The summed E-state index contributed by atoms with van der Waals surface area (Å²) in [6.07, 6.45) is 54.5. The third kappa shape index (κ3) is 66.0. The van der Waals surface area contributed by atoms with Gasteiger partial charge in [0.2, 0.25) is 0 Å². The number of rotatable bonds is 74. The van der Waals surface area contributed by atoms with Gasteiger partial charge in [-0.05, 0) is 37.5 Å². The van der Waals surface area contributed by atoms with Crippen LogP contribution >= 0.6 is 15.6 Å². The van der Waals surface area contributed by atoms with E-state index in [1.165, 1.54) is 199 Å². The number of ether oxygens (including phenoxy) is 4. The van der Waals surface area contributed by atoms with Crippen LogP contribution in [0.4, 0.5) is 0 Å². The number of unbranched alkanes of at least 4 members (excludes halogenated alkanes) is 42. The van der Waals surface area contributed by atoms with Crippen molar-refractivity contribution in [1.82, 2.24) is 0 Å². The van der Waals surface area contributed by atoms with Crippen molar-refractivity contribution in [2.75, 3.05) is 39.6 Å². The van der Waals surface area contributed by atoms with Crippen molar-refractivity contribution in [1.29, 1.82) is 0 Å². The molecule has 0 aliphatic carbocycles. The maximum atomic E-state index is 13.1. The van der Waals surface area contributed by atoms with Gasteiger partial charge in [0.15, 0.2) is 12.2 Å². The molecule has 558 valence electrons. The minimum atomic E-state index is -4.95. The molecule has 0 bridgehead atoms. The molecule has 0 rings (SSSR count). The van der Waals surface area contributed by atoms with E-state index < -0.39 is 97.5 Å². The van der Waals surface area contributed by atoms with E-state index in [9.17, 15) is 43.2 Å². The normalized spacial score (nSPS) is 14.6. The Morgan fingerprint density at radius 1 is 0.298 bits per heavy atom. The Kier molecular flexibility index (Phi) is 65.5. The fraction of sp³-hybridized carbons (Fsp3) is 0.947. The summed E-state index contributed by atoms with van der Waals surface area (Å²) in [6.45, 7) is 9.55. The molecule has 0 aromatic rings. The lowest BCUT2D eigenvalue weighted by atomic mass is 9.99. The van der Waals surface area contributed by atoms with E-state index in [2.05, 4.69) is 41.5 Å². The van der Waals surface area contributed by atoms with Crippen molar-refractivity contribution in [2.24, 2.45) is 11.8 Å². The molecular weight excluding hydrogens is 1230 g/mol. The summed E-state index contributed by atoms with van der Waals surface area (Å²) in [5.41, 5.74) is 0. The average Bonchev–Trinajstić information content (AvgIpc) is 1.76. The minimum absolute atomic E-state index is 0.104. The lowest BCUT2D eigenvalue weighted by Crippen LogP contribution is -2.30. The van der Waals surface area contributed by atoms with Crippen molar-refractivity contribution < 1.29 is 80.2 Å². The molecule has 7 atom stereocenters. The maximum Gasteiger partial charge on any atom is 0.472 e. The van der Waals surface area contributed by atoms with Gasteiger partial charge in [-0.25, -0.2) is 9.13 Å². The molecule has 17 nitrogen and oxygen atoms in total.